The highest BCUT2D eigenvalue weighted by atomic mass is 35.5. The van der Waals surface area contributed by atoms with Crippen molar-refractivity contribution >= 4 is 47.3 Å². The van der Waals surface area contributed by atoms with E-state index in [-0.39, 0.29) is 36.6 Å². The minimum absolute atomic E-state index is 0. The van der Waals surface area contributed by atoms with Crippen molar-refractivity contribution in [3.8, 4) is 0 Å². The summed E-state index contributed by atoms with van der Waals surface area (Å²) < 4.78 is 0. The van der Waals surface area contributed by atoms with Crippen LogP contribution >= 0.6 is 24.8 Å². The fraction of sp³-hybridized carbons (Fsp3) is 0.308. The third-order valence-electron chi connectivity index (χ3n) is 2.82. The molecule has 0 spiro atoms. The number of nitrogens with one attached hydrogen (secondary N) is 1. The molecule has 3 N–H and O–H groups in total. The van der Waals surface area contributed by atoms with Gasteiger partial charge in [0.2, 0.25) is 5.91 Å². The first-order valence-corrected chi connectivity index (χ1v) is 5.85. The van der Waals surface area contributed by atoms with Gasteiger partial charge in [-0.05, 0) is 18.1 Å². The molecule has 7 heteroatoms. The summed E-state index contributed by atoms with van der Waals surface area (Å²) in [7, 11) is 0. The quantitative estimate of drug-likeness (QED) is 0.911. The van der Waals surface area contributed by atoms with Gasteiger partial charge in [-0.3, -0.25) is 14.8 Å². The van der Waals surface area contributed by atoms with E-state index in [9.17, 15) is 4.79 Å². The van der Waals surface area contributed by atoms with Gasteiger partial charge in [0.05, 0.1) is 17.2 Å². The summed E-state index contributed by atoms with van der Waals surface area (Å²) in [4.78, 5) is 20.2. The van der Waals surface area contributed by atoms with Crippen molar-refractivity contribution in [1.29, 1.82) is 0 Å². The average molecular weight is 317 g/mol. The smallest absolute Gasteiger partial charge is 0.241 e. The molecule has 0 radical (unpaired) electrons. The molecular formula is C13H18Cl2N4O. The fourth-order valence-corrected chi connectivity index (χ4v) is 1.62. The van der Waals surface area contributed by atoms with E-state index >= 15 is 0 Å². The second-order valence-electron chi connectivity index (χ2n) is 4.51. The van der Waals surface area contributed by atoms with Crippen LogP contribution in [0.1, 0.15) is 13.8 Å². The van der Waals surface area contributed by atoms with Gasteiger partial charge in [0.15, 0.2) is 0 Å². The normalized spacial score (nSPS) is 11.4. The Balaban J connectivity index is 0.00000180. The van der Waals surface area contributed by atoms with E-state index in [1.807, 2.05) is 13.8 Å². The van der Waals surface area contributed by atoms with Crippen LogP contribution in [0.25, 0.3) is 10.9 Å². The van der Waals surface area contributed by atoms with Gasteiger partial charge < -0.3 is 11.1 Å². The summed E-state index contributed by atoms with van der Waals surface area (Å²) in [6, 6.07) is 3.02. The number of aromatic nitrogens is 2. The van der Waals surface area contributed by atoms with Crippen LogP contribution in [0, 0.1) is 5.92 Å². The molecule has 110 valence electrons. The van der Waals surface area contributed by atoms with Crippen molar-refractivity contribution in [3.05, 3.63) is 30.7 Å². The third-order valence-corrected chi connectivity index (χ3v) is 2.82. The molecule has 0 unspecified atom stereocenters. The van der Waals surface area contributed by atoms with E-state index < -0.39 is 6.04 Å². The number of halogens is 2. The van der Waals surface area contributed by atoms with Crippen LogP contribution in [0.5, 0.6) is 0 Å². The molecule has 2 heterocycles. The molecule has 0 aliphatic heterocycles. The molecule has 2 aromatic heterocycles. The van der Waals surface area contributed by atoms with E-state index in [2.05, 4.69) is 15.3 Å². The summed E-state index contributed by atoms with van der Waals surface area (Å²) in [5.41, 5.74) is 7.29. The zero-order valence-electron chi connectivity index (χ0n) is 11.2. The molecule has 20 heavy (non-hydrogen) atoms. The van der Waals surface area contributed by atoms with Gasteiger partial charge in [0.25, 0.3) is 0 Å². The Bertz CT molecular complexity index is 572. The molecule has 0 aromatic carbocycles. The minimum Gasteiger partial charge on any atom is -0.324 e. The summed E-state index contributed by atoms with van der Waals surface area (Å²) in [5.74, 6) is -0.0995. The highest BCUT2D eigenvalue weighted by Crippen LogP contribution is 2.20. The largest absolute Gasteiger partial charge is 0.324 e. The number of nitrogens with two attached hydrogens (primary N) is 1. The van der Waals surface area contributed by atoms with Gasteiger partial charge in [-0.2, -0.15) is 0 Å². The molecule has 1 amide bonds. The lowest BCUT2D eigenvalue weighted by atomic mass is 10.0. The van der Waals surface area contributed by atoms with Crippen LogP contribution in [0.2, 0.25) is 0 Å². The molecule has 0 bridgehead atoms. The van der Waals surface area contributed by atoms with Crippen LogP contribution in [-0.4, -0.2) is 21.9 Å². The first-order valence-electron chi connectivity index (χ1n) is 5.85. The number of fused-ring (bicyclic) bond motifs is 1. The van der Waals surface area contributed by atoms with E-state index in [0.717, 1.165) is 10.9 Å². The first-order chi connectivity index (χ1) is 8.59. The number of anilines is 1. The Morgan fingerprint density at radius 3 is 2.60 bits per heavy atom. The zero-order chi connectivity index (χ0) is 13.1. The highest BCUT2D eigenvalue weighted by molar-refractivity contribution is 6.02. The Morgan fingerprint density at radius 1 is 1.25 bits per heavy atom. The minimum atomic E-state index is -0.523. The number of pyridine rings is 2. The molecule has 2 rings (SSSR count). The maximum Gasteiger partial charge on any atom is 0.241 e. The van der Waals surface area contributed by atoms with Crippen molar-refractivity contribution in [1.82, 2.24) is 9.97 Å². The van der Waals surface area contributed by atoms with Crippen LogP contribution in [-0.2, 0) is 4.79 Å². The van der Waals surface area contributed by atoms with E-state index in [1.165, 1.54) is 0 Å². The molecule has 0 aliphatic rings. The monoisotopic (exact) mass is 316 g/mol. The number of hydrogen-bond donors (Lipinski definition) is 2. The standard InChI is InChI=1S/C13H16N4O.2ClH/c1-8(2)12(14)13(18)17-11-4-6-16-10-3-5-15-7-9(10)11;;/h3-8,12H,14H2,1-2H3,(H,16,17,18);2*1H/t12-;;/m0../s1. The van der Waals surface area contributed by atoms with E-state index in [0.29, 0.717) is 5.69 Å². The highest BCUT2D eigenvalue weighted by Gasteiger charge is 2.17. The summed E-state index contributed by atoms with van der Waals surface area (Å²) in [5, 5.41) is 3.63. The van der Waals surface area contributed by atoms with Gasteiger partial charge >= 0.3 is 0 Å². The number of amides is 1. The maximum atomic E-state index is 11.9. The van der Waals surface area contributed by atoms with Crippen molar-refractivity contribution < 1.29 is 4.79 Å². The second-order valence-corrected chi connectivity index (χ2v) is 4.51. The summed E-state index contributed by atoms with van der Waals surface area (Å²) in [6.07, 6.45) is 5.00. The first kappa shape index (κ1) is 18.6. The van der Waals surface area contributed by atoms with E-state index in [4.69, 9.17) is 5.73 Å². The summed E-state index contributed by atoms with van der Waals surface area (Å²) in [6.45, 7) is 3.83. The second kappa shape index (κ2) is 7.99. The molecule has 0 aliphatic carbocycles. The van der Waals surface area contributed by atoms with Gasteiger partial charge in [-0.25, -0.2) is 0 Å². The predicted molar refractivity (Wildman–Crippen MR) is 85.5 cm³/mol. The number of carbonyl (C=O) groups excluding carboxylic acids is 1. The number of hydrogen-bond acceptors (Lipinski definition) is 4. The topological polar surface area (TPSA) is 80.9 Å². The lowest BCUT2D eigenvalue weighted by Gasteiger charge is -2.16. The molecule has 2 aromatic rings. The van der Waals surface area contributed by atoms with Crippen molar-refractivity contribution in [2.24, 2.45) is 11.7 Å². The van der Waals surface area contributed by atoms with Gasteiger partial charge in [-0.15, -0.1) is 24.8 Å². The molecular weight excluding hydrogens is 299 g/mol. The maximum absolute atomic E-state index is 11.9. The van der Waals surface area contributed by atoms with Gasteiger partial charge in [-0.1, -0.05) is 13.8 Å². The lowest BCUT2D eigenvalue weighted by molar-refractivity contribution is -0.118. The molecule has 0 saturated carbocycles. The lowest BCUT2D eigenvalue weighted by Crippen LogP contribution is -2.39. The molecule has 1 atom stereocenters. The van der Waals surface area contributed by atoms with Crippen molar-refractivity contribution in [3.63, 3.8) is 0 Å². The number of nitrogens with zero attached hydrogens (tertiary/aromatic N) is 2. The SMILES string of the molecule is CC(C)[C@H](N)C(=O)Nc1ccnc2ccncc12.Cl.Cl. The Kier molecular flexibility index (Phi) is 7.42. The molecule has 5 nitrogen and oxygen atoms in total. The Labute approximate surface area is 130 Å². The van der Waals surface area contributed by atoms with Crippen LogP contribution < -0.4 is 11.1 Å². The van der Waals surface area contributed by atoms with Crippen molar-refractivity contribution in [2.75, 3.05) is 5.32 Å². The Hall–Kier alpha value is -1.43. The predicted octanol–water partition coefficient (Wildman–Crippen LogP) is 2.40. The van der Waals surface area contributed by atoms with Gasteiger partial charge in [0.1, 0.15) is 0 Å². The van der Waals surface area contributed by atoms with E-state index in [1.54, 1.807) is 30.7 Å². The third kappa shape index (κ3) is 4.03. The average Bonchev–Trinajstić information content (AvgIpc) is 2.38. The number of rotatable bonds is 3. The van der Waals surface area contributed by atoms with Crippen molar-refractivity contribution in [2.45, 2.75) is 19.9 Å². The number of carbonyl (C=O) groups is 1. The zero-order valence-corrected chi connectivity index (χ0v) is 12.9. The molecule has 0 saturated heterocycles. The Morgan fingerprint density at radius 2 is 1.95 bits per heavy atom. The van der Waals surface area contributed by atoms with Crippen LogP contribution in [0.15, 0.2) is 30.7 Å². The summed E-state index contributed by atoms with van der Waals surface area (Å²) >= 11 is 0. The van der Waals surface area contributed by atoms with Gasteiger partial charge in [0, 0.05) is 24.0 Å². The fourth-order valence-electron chi connectivity index (χ4n) is 1.62. The molecule has 0 fully saturated rings. The van der Waals surface area contributed by atoms with Crippen LogP contribution in [0.3, 0.4) is 0 Å². The van der Waals surface area contributed by atoms with Crippen LogP contribution in [0.4, 0.5) is 5.69 Å².